The molecule has 1 aliphatic rings. The number of benzene rings is 1. The van der Waals surface area contributed by atoms with Crippen molar-refractivity contribution in [3.05, 3.63) is 35.9 Å². The fourth-order valence-electron chi connectivity index (χ4n) is 3.56. The van der Waals surface area contributed by atoms with Crippen molar-refractivity contribution in [2.75, 3.05) is 13.2 Å². The van der Waals surface area contributed by atoms with E-state index >= 15 is 0 Å². The first kappa shape index (κ1) is 24.6. The molecule has 2 amide bonds. The number of amidine groups is 1. The molecule has 2 rings (SSSR count). The molecule has 0 saturated carbocycles. The van der Waals surface area contributed by atoms with E-state index < -0.39 is 23.6 Å². The summed E-state index contributed by atoms with van der Waals surface area (Å²) in [5, 5.41) is 13.7. The predicted octanol–water partition coefficient (Wildman–Crippen LogP) is 2.42. The van der Waals surface area contributed by atoms with Gasteiger partial charge in [-0.25, -0.2) is 4.79 Å². The lowest BCUT2D eigenvalue weighted by molar-refractivity contribution is -0.124. The number of nitrogens with one attached hydrogen (secondary N) is 3. The maximum atomic E-state index is 13.1. The van der Waals surface area contributed by atoms with E-state index in [-0.39, 0.29) is 24.3 Å². The number of hydrogen-bond acceptors (Lipinski definition) is 5. The zero-order valence-electron chi connectivity index (χ0n) is 18.6. The van der Waals surface area contributed by atoms with Gasteiger partial charge in [-0.05, 0) is 24.3 Å². The van der Waals surface area contributed by atoms with Crippen molar-refractivity contribution >= 4 is 35.0 Å². The van der Waals surface area contributed by atoms with E-state index in [1.807, 2.05) is 51.1 Å². The molecule has 1 aliphatic heterocycles. The van der Waals surface area contributed by atoms with Crippen molar-refractivity contribution in [1.82, 2.24) is 15.5 Å². The summed E-state index contributed by atoms with van der Waals surface area (Å²) < 4.78 is 5.04. The van der Waals surface area contributed by atoms with Crippen molar-refractivity contribution in [3.63, 3.8) is 0 Å². The standard InChI is InChI=1S/C22H33N5O3S/c1-5-30-21(29)26-17(22(2,3)4)20(31)27-13-15(18(23)24)11-16(27)19(28)25-12-14-9-7-6-8-10-14/h6-10,15-17H,5,11-13H2,1-4H3,(H3,23,24)(H,25,28)(H,26,29)/t15?,16-,17-/m0/s1. The van der Waals surface area contributed by atoms with Crippen molar-refractivity contribution in [3.8, 4) is 0 Å². The van der Waals surface area contributed by atoms with Crippen LogP contribution in [-0.2, 0) is 16.1 Å². The third kappa shape index (κ3) is 6.65. The smallest absolute Gasteiger partial charge is 0.407 e. The normalized spacial score (nSPS) is 19.4. The molecule has 1 unspecified atom stereocenters. The topological polar surface area (TPSA) is 121 Å². The second-order valence-electron chi connectivity index (χ2n) is 8.76. The number of nitrogens with two attached hydrogens (primary N) is 1. The molecule has 8 nitrogen and oxygen atoms in total. The number of nitrogens with zero attached hydrogens (tertiary/aromatic N) is 1. The Balaban J connectivity index is 2.21. The van der Waals surface area contributed by atoms with Gasteiger partial charge in [0.25, 0.3) is 0 Å². The third-order valence-electron chi connectivity index (χ3n) is 5.29. The number of amides is 2. The first-order chi connectivity index (χ1) is 14.5. The van der Waals surface area contributed by atoms with E-state index in [0.717, 1.165) is 5.56 Å². The molecule has 170 valence electrons. The van der Waals surface area contributed by atoms with E-state index in [2.05, 4.69) is 10.6 Å². The molecule has 0 spiro atoms. The van der Waals surface area contributed by atoms with Crippen LogP contribution >= 0.6 is 12.2 Å². The molecular formula is C22H33N5O3S. The SMILES string of the molecule is CCOC(=O)N[C@@H](C(=S)N1CC(C(=N)N)C[C@H]1C(=O)NCc1ccccc1)C(C)(C)C. The minimum absolute atomic E-state index is 0.0248. The van der Waals surface area contributed by atoms with E-state index in [1.165, 1.54) is 0 Å². The second-order valence-corrected chi connectivity index (χ2v) is 9.18. The molecule has 0 aromatic heterocycles. The van der Waals surface area contributed by atoms with Crippen LogP contribution < -0.4 is 16.4 Å². The Morgan fingerprint density at radius 1 is 1.32 bits per heavy atom. The molecule has 9 heteroatoms. The van der Waals surface area contributed by atoms with Gasteiger partial charge in [-0.3, -0.25) is 10.2 Å². The molecule has 1 aromatic rings. The highest BCUT2D eigenvalue weighted by Crippen LogP contribution is 2.29. The van der Waals surface area contributed by atoms with Crippen LogP contribution in [-0.4, -0.2) is 53.0 Å². The van der Waals surface area contributed by atoms with Crippen LogP contribution in [0.25, 0.3) is 0 Å². The highest BCUT2D eigenvalue weighted by molar-refractivity contribution is 7.80. The Hall–Kier alpha value is -2.68. The zero-order chi connectivity index (χ0) is 23.2. The van der Waals surface area contributed by atoms with Crippen LogP contribution in [0.2, 0.25) is 0 Å². The molecular weight excluding hydrogens is 414 g/mol. The van der Waals surface area contributed by atoms with Gasteiger partial charge >= 0.3 is 6.09 Å². The van der Waals surface area contributed by atoms with E-state index in [9.17, 15) is 9.59 Å². The van der Waals surface area contributed by atoms with Gasteiger partial charge in [0.1, 0.15) is 11.0 Å². The number of thiocarbonyl (C=S) groups is 1. The van der Waals surface area contributed by atoms with Gasteiger partial charge in [0.05, 0.1) is 18.5 Å². The largest absolute Gasteiger partial charge is 0.450 e. The maximum Gasteiger partial charge on any atom is 0.407 e. The molecule has 31 heavy (non-hydrogen) atoms. The minimum Gasteiger partial charge on any atom is -0.450 e. The van der Waals surface area contributed by atoms with Crippen molar-refractivity contribution < 1.29 is 14.3 Å². The van der Waals surface area contributed by atoms with Gasteiger partial charge in [0.2, 0.25) is 5.91 Å². The summed E-state index contributed by atoms with van der Waals surface area (Å²) in [6.07, 6.45) is -0.163. The number of rotatable bonds is 7. The van der Waals surface area contributed by atoms with Gasteiger partial charge < -0.3 is 26.0 Å². The van der Waals surface area contributed by atoms with Crippen LogP contribution in [0, 0.1) is 16.7 Å². The van der Waals surface area contributed by atoms with E-state index in [4.69, 9.17) is 28.1 Å². The van der Waals surface area contributed by atoms with Crippen LogP contribution in [0.3, 0.4) is 0 Å². The highest BCUT2D eigenvalue weighted by Gasteiger charge is 2.43. The molecule has 1 aromatic carbocycles. The van der Waals surface area contributed by atoms with Gasteiger partial charge in [0, 0.05) is 19.0 Å². The predicted molar refractivity (Wildman–Crippen MR) is 125 cm³/mol. The lowest BCUT2D eigenvalue weighted by Crippen LogP contribution is -2.57. The average molecular weight is 448 g/mol. The summed E-state index contributed by atoms with van der Waals surface area (Å²) in [6.45, 7) is 8.60. The molecule has 1 fully saturated rings. The monoisotopic (exact) mass is 447 g/mol. The Morgan fingerprint density at radius 2 is 1.97 bits per heavy atom. The van der Waals surface area contributed by atoms with Gasteiger partial charge in [-0.2, -0.15) is 0 Å². The number of ether oxygens (including phenoxy) is 1. The summed E-state index contributed by atoms with van der Waals surface area (Å²) in [7, 11) is 0. The highest BCUT2D eigenvalue weighted by atomic mass is 32.1. The number of alkyl carbamates (subject to hydrolysis) is 1. The number of likely N-dealkylation sites (tertiary alicyclic amines) is 1. The van der Waals surface area contributed by atoms with Crippen LogP contribution in [0.5, 0.6) is 0 Å². The Morgan fingerprint density at radius 3 is 2.52 bits per heavy atom. The third-order valence-corrected chi connectivity index (χ3v) is 5.76. The Labute approximate surface area is 189 Å². The maximum absolute atomic E-state index is 13.1. The summed E-state index contributed by atoms with van der Waals surface area (Å²) in [4.78, 5) is 27.4. The molecule has 5 N–H and O–H groups in total. The van der Waals surface area contributed by atoms with Crippen molar-refractivity contribution in [2.24, 2.45) is 17.1 Å². The fourth-order valence-corrected chi connectivity index (χ4v) is 4.18. The summed E-state index contributed by atoms with van der Waals surface area (Å²) in [5.74, 6) is -0.441. The molecule has 1 heterocycles. The minimum atomic E-state index is -0.570. The molecule has 3 atom stereocenters. The first-order valence-corrected chi connectivity index (χ1v) is 10.8. The van der Waals surface area contributed by atoms with Gasteiger partial charge in [-0.1, -0.05) is 63.3 Å². The van der Waals surface area contributed by atoms with E-state index in [1.54, 1.807) is 11.8 Å². The van der Waals surface area contributed by atoms with Crippen LogP contribution in [0.15, 0.2) is 30.3 Å². The first-order valence-electron chi connectivity index (χ1n) is 10.4. The van der Waals surface area contributed by atoms with Crippen LogP contribution in [0.1, 0.15) is 39.7 Å². The van der Waals surface area contributed by atoms with E-state index in [0.29, 0.717) is 24.5 Å². The Bertz CT molecular complexity index is 809. The summed E-state index contributed by atoms with van der Waals surface area (Å²) in [5.41, 5.74) is 6.34. The molecule has 1 saturated heterocycles. The van der Waals surface area contributed by atoms with Crippen LogP contribution in [0.4, 0.5) is 4.79 Å². The molecule has 0 radical (unpaired) electrons. The number of hydrogen-bond donors (Lipinski definition) is 4. The summed E-state index contributed by atoms with van der Waals surface area (Å²) >= 11 is 5.76. The van der Waals surface area contributed by atoms with Crippen molar-refractivity contribution in [1.29, 1.82) is 5.41 Å². The quantitative estimate of drug-likeness (QED) is 0.289. The number of carbonyl (C=O) groups excluding carboxylic acids is 2. The van der Waals surface area contributed by atoms with Gasteiger partial charge in [-0.15, -0.1) is 0 Å². The zero-order valence-corrected chi connectivity index (χ0v) is 19.4. The Kier molecular flexibility index (Phi) is 8.38. The molecule has 0 aliphatic carbocycles. The summed E-state index contributed by atoms with van der Waals surface area (Å²) in [6, 6.07) is 8.53. The average Bonchev–Trinajstić information content (AvgIpc) is 3.16. The van der Waals surface area contributed by atoms with Gasteiger partial charge in [0.15, 0.2) is 0 Å². The number of carbonyl (C=O) groups is 2. The lowest BCUT2D eigenvalue weighted by atomic mass is 9.86. The second kappa shape index (κ2) is 10.6. The molecule has 0 bridgehead atoms. The fraction of sp³-hybridized carbons (Fsp3) is 0.545. The lowest BCUT2D eigenvalue weighted by Gasteiger charge is -2.37. The van der Waals surface area contributed by atoms with Crippen molar-refractivity contribution in [2.45, 2.75) is 52.7 Å².